The first kappa shape index (κ1) is 14.1. The Labute approximate surface area is 120 Å². The van der Waals surface area contributed by atoms with Gasteiger partial charge in [0.05, 0.1) is 11.9 Å². The zero-order valence-electron chi connectivity index (χ0n) is 12.0. The molecule has 2 fully saturated rings. The molecule has 0 aliphatic heterocycles. The summed E-state index contributed by atoms with van der Waals surface area (Å²) in [5.74, 6) is 0.534. The molecule has 112 valence electrons. The summed E-state index contributed by atoms with van der Waals surface area (Å²) < 4.78 is 27.4. The Kier molecular flexibility index (Phi) is 3.86. The number of sulfonamides is 1. The van der Waals surface area contributed by atoms with Crippen molar-refractivity contribution in [2.75, 3.05) is 6.54 Å². The quantitative estimate of drug-likeness (QED) is 0.908. The molecule has 2 aliphatic carbocycles. The van der Waals surface area contributed by atoms with E-state index in [-0.39, 0.29) is 6.04 Å². The molecule has 1 N–H and O–H groups in total. The standard InChI is InChI=1S/C14H23N3O2S/c1-11-14(9-15-16-11)20(18,19)17(13-7-8-13)10-12-5-3-2-4-6-12/h9,12-13H,2-8,10H2,1H3,(H,15,16). The normalized spacial score (nSPS) is 21.5. The molecule has 6 heteroatoms. The summed E-state index contributed by atoms with van der Waals surface area (Å²) in [4.78, 5) is 0.347. The lowest BCUT2D eigenvalue weighted by Gasteiger charge is -2.29. The third-order valence-electron chi connectivity index (χ3n) is 4.49. The van der Waals surface area contributed by atoms with E-state index in [1.807, 2.05) is 0 Å². The fourth-order valence-corrected chi connectivity index (χ4v) is 5.04. The van der Waals surface area contributed by atoms with Gasteiger partial charge in [-0.2, -0.15) is 9.40 Å². The monoisotopic (exact) mass is 297 g/mol. The molecule has 0 atom stereocenters. The van der Waals surface area contributed by atoms with E-state index >= 15 is 0 Å². The lowest BCUT2D eigenvalue weighted by atomic mass is 9.89. The molecule has 20 heavy (non-hydrogen) atoms. The van der Waals surface area contributed by atoms with Crippen LogP contribution in [0.1, 0.15) is 50.6 Å². The van der Waals surface area contributed by atoms with Gasteiger partial charge < -0.3 is 0 Å². The zero-order valence-corrected chi connectivity index (χ0v) is 12.8. The number of H-pyrrole nitrogens is 1. The van der Waals surface area contributed by atoms with Crippen molar-refractivity contribution in [1.29, 1.82) is 0 Å². The highest BCUT2D eigenvalue weighted by molar-refractivity contribution is 7.89. The van der Waals surface area contributed by atoms with Crippen LogP contribution >= 0.6 is 0 Å². The Morgan fingerprint density at radius 2 is 1.95 bits per heavy atom. The number of rotatable bonds is 5. The molecule has 1 aromatic rings. The molecular weight excluding hydrogens is 274 g/mol. The summed E-state index contributed by atoms with van der Waals surface area (Å²) in [6.45, 7) is 2.46. The molecule has 3 rings (SSSR count). The van der Waals surface area contributed by atoms with Gasteiger partial charge in [-0.1, -0.05) is 19.3 Å². The van der Waals surface area contributed by atoms with Crippen LogP contribution in [0.25, 0.3) is 0 Å². The highest BCUT2D eigenvalue weighted by Crippen LogP contribution is 2.35. The molecule has 1 aromatic heterocycles. The van der Waals surface area contributed by atoms with Crippen LogP contribution in [-0.4, -0.2) is 35.5 Å². The second-order valence-electron chi connectivity index (χ2n) is 6.17. The Bertz CT molecular complexity index is 557. The van der Waals surface area contributed by atoms with Gasteiger partial charge in [0.15, 0.2) is 0 Å². The summed E-state index contributed by atoms with van der Waals surface area (Å²) in [5, 5.41) is 6.60. The fourth-order valence-electron chi connectivity index (χ4n) is 3.16. The first-order chi connectivity index (χ1) is 9.59. The summed E-state index contributed by atoms with van der Waals surface area (Å²) in [5.41, 5.74) is 0.638. The van der Waals surface area contributed by atoms with E-state index < -0.39 is 10.0 Å². The minimum atomic E-state index is -3.38. The number of nitrogens with zero attached hydrogens (tertiary/aromatic N) is 2. The highest BCUT2D eigenvalue weighted by atomic mass is 32.2. The molecule has 0 unspecified atom stereocenters. The number of aromatic amines is 1. The number of hydrogen-bond acceptors (Lipinski definition) is 3. The first-order valence-corrected chi connectivity index (χ1v) is 9.05. The van der Waals surface area contributed by atoms with Crippen LogP contribution in [-0.2, 0) is 10.0 Å². The molecular formula is C14H23N3O2S. The largest absolute Gasteiger partial charge is 0.281 e. The van der Waals surface area contributed by atoms with Crippen LogP contribution in [0.2, 0.25) is 0 Å². The number of hydrogen-bond donors (Lipinski definition) is 1. The van der Waals surface area contributed by atoms with E-state index in [0.29, 0.717) is 23.1 Å². The van der Waals surface area contributed by atoms with Gasteiger partial charge in [-0.05, 0) is 38.5 Å². The summed E-state index contributed by atoms with van der Waals surface area (Å²) in [6, 6.07) is 0.219. The second-order valence-corrected chi connectivity index (χ2v) is 8.03. The molecule has 0 radical (unpaired) electrons. The van der Waals surface area contributed by atoms with Gasteiger partial charge in [-0.25, -0.2) is 8.42 Å². The van der Waals surface area contributed by atoms with E-state index in [1.54, 1.807) is 11.2 Å². The molecule has 0 saturated heterocycles. The van der Waals surface area contributed by atoms with Gasteiger partial charge in [0.25, 0.3) is 0 Å². The maximum Gasteiger partial charge on any atom is 0.246 e. The Morgan fingerprint density at radius 3 is 2.50 bits per heavy atom. The fraction of sp³-hybridized carbons (Fsp3) is 0.786. The lowest BCUT2D eigenvalue weighted by molar-refractivity contribution is 0.274. The average molecular weight is 297 g/mol. The summed E-state index contributed by atoms with van der Waals surface area (Å²) in [6.07, 6.45) is 9.58. The third-order valence-corrected chi connectivity index (χ3v) is 6.52. The van der Waals surface area contributed by atoms with Crippen molar-refractivity contribution in [1.82, 2.24) is 14.5 Å². The zero-order chi connectivity index (χ0) is 14.2. The maximum absolute atomic E-state index is 12.8. The number of aryl methyl sites for hydroxylation is 1. The number of aromatic nitrogens is 2. The topological polar surface area (TPSA) is 66.1 Å². The van der Waals surface area contributed by atoms with E-state index in [1.165, 1.54) is 38.3 Å². The van der Waals surface area contributed by atoms with Gasteiger partial charge >= 0.3 is 0 Å². The summed E-state index contributed by atoms with van der Waals surface area (Å²) >= 11 is 0. The number of nitrogens with one attached hydrogen (secondary N) is 1. The molecule has 5 nitrogen and oxygen atoms in total. The van der Waals surface area contributed by atoms with E-state index in [9.17, 15) is 8.42 Å². The van der Waals surface area contributed by atoms with Crippen molar-refractivity contribution in [3.63, 3.8) is 0 Å². The second kappa shape index (κ2) is 5.48. The minimum absolute atomic E-state index is 0.219. The van der Waals surface area contributed by atoms with Crippen molar-refractivity contribution >= 4 is 10.0 Å². The third kappa shape index (κ3) is 2.76. The van der Waals surface area contributed by atoms with Crippen LogP contribution in [0.5, 0.6) is 0 Å². The molecule has 0 spiro atoms. The first-order valence-electron chi connectivity index (χ1n) is 7.61. The minimum Gasteiger partial charge on any atom is -0.281 e. The highest BCUT2D eigenvalue weighted by Gasteiger charge is 2.40. The smallest absolute Gasteiger partial charge is 0.246 e. The van der Waals surface area contributed by atoms with Crippen molar-refractivity contribution in [3.05, 3.63) is 11.9 Å². The van der Waals surface area contributed by atoms with Crippen molar-refractivity contribution < 1.29 is 8.42 Å². The Balaban J connectivity index is 1.81. The molecule has 1 heterocycles. The predicted molar refractivity (Wildman–Crippen MR) is 76.8 cm³/mol. The Hall–Kier alpha value is -0.880. The van der Waals surface area contributed by atoms with E-state index in [0.717, 1.165) is 12.8 Å². The van der Waals surface area contributed by atoms with Gasteiger partial charge in [0, 0.05) is 12.6 Å². The van der Waals surface area contributed by atoms with Crippen molar-refractivity contribution in [2.45, 2.75) is 62.8 Å². The predicted octanol–water partition coefficient (Wildman–Crippen LogP) is 2.45. The van der Waals surface area contributed by atoms with Crippen molar-refractivity contribution in [2.24, 2.45) is 5.92 Å². The molecule has 0 aromatic carbocycles. The molecule has 2 aliphatic rings. The van der Waals surface area contributed by atoms with Gasteiger partial charge in [0.1, 0.15) is 4.90 Å². The lowest BCUT2D eigenvalue weighted by Crippen LogP contribution is -2.37. The average Bonchev–Trinajstić information content (AvgIpc) is 3.18. The van der Waals surface area contributed by atoms with Crippen LogP contribution in [0.4, 0.5) is 0 Å². The summed E-state index contributed by atoms with van der Waals surface area (Å²) in [7, 11) is -3.38. The molecule has 0 bridgehead atoms. The Morgan fingerprint density at radius 1 is 1.25 bits per heavy atom. The van der Waals surface area contributed by atoms with E-state index in [2.05, 4.69) is 10.2 Å². The molecule has 2 saturated carbocycles. The van der Waals surface area contributed by atoms with Gasteiger partial charge in [-0.3, -0.25) is 5.10 Å². The van der Waals surface area contributed by atoms with Crippen LogP contribution < -0.4 is 0 Å². The van der Waals surface area contributed by atoms with Crippen LogP contribution in [0.3, 0.4) is 0 Å². The SMILES string of the molecule is Cc1[nH]ncc1S(=O)(=O)N(CC1CCCCC1)C1CC1. The van der Waals surface area contributed by atoms with Crippen molar-refractivity contribution in [3.8, 4) is 0 Å². The maximum atomic E-state index is 12.8. The van der Waals surface area contributed by atoms with E-state index in [4.69, 9.17) is 0 Å². The van der Waals surface area contributed by atoms with Crippen LogP contribution in [0, 0.1) is 12.8 Å². The van der Waals surface area contributed by atoms with Gasteiger partial charge in [0.2, 0.25) is 10.0 Å². The molecule has 0 amide bonds. The van der Waals surface area contributed by atoms with Gasteiger partial charge in [-0.15, -0.1) is 0 Å². The van der Waals surface area contributed by atoms with Crippen LogP contribution in [0.15, 0.2) is 11.1 Å².